The number of para-hydroxylation sites is 1. The largest absolute Gasteiger partial charge is 0.494 e. The molecular weight excluding hydrogens is 443 g/mol. The van der Waals surface area contributed by atoms with Crippen LogP contribution in [-0.4, -0.2) is 23.9 Å². The molecule has 36 heavy (non-hydrogen) atoms. The Morgan fingerprint density at radius 1 is 0.694 bits per heavy atom. The van der Waals surface area contributed by atoms with Gasteiger partial charge in [-0.15, -0.1) is 0 Å². The average molecular weight is 472 g/mol. The van der Waals surface area contributed by atoms with Crippen molar-refractivity contribution in [1.82, 2.24) is 0 Å². The summed E-state index contributed by atoms with van der Waals surface area (Å²) in [6.45, 7) is 8.47. The number of fused-ring (bicyclic) bond motifs is 7. The molecule has 1 saturated carbocycles. The predicted molar refractivity (Wildman–Crippen MR) is 142 cm³/mol. The number of ether oxygens (including phenoxy) is 1. The Hall–Kier alpha value is -3.08. The van der Waals surface area contributed by atoms with Crippen LogP contribution in [0.3, 0.4) is 0 Å². The Kier molecular flexibility index (Phi) is 3.65. The van der Waals surface area contributed by atoms with E-state index in [2.05, 4.69) is 119 Å². The molecule has 0 amide bonds. The standard InChI is InChI=1S/C32H29BO3/c1-28(2)29(3,4)36-33(35-28)27-18-11-19-30-20-31(27,30)34-26-17-10-9-16-25(26)32(30)23-14-7-5-12-21(23)22-13-6-8-15-24(22)32/h5-19H,20H2,1-4H3. The van der Waals surface area contributed by atoms with E-state index in [1.54, 1.807) is 0 Å². The Balaban J connectivity index is 1.42. The molecule has 5 aliphatic rings. The molecule has 1 saturated heterocycles. The third kappa shape index (κ3) is 2.10. The molecule has 178 valence electrons. The first kappa shape index (κ1) is 21.1. The maximum atomic E-state index is 7.09. The lowest BCUT2D eigenvalue weighted by molar-refractivity contribution is 0.00578. The number of hydrogen-bond donors (Lipinski definition) is 0. The first-order valence-corrected chi connectivity index (χ1v) is 13.0. The smallest absolute Gasteiger partial charge is 0.482 e. The van der Waals surface area contributed by atoms with Gasteiger partial charge in [0.05, 0.1) is 22.0 Å². The van der Waals surface area contributed by atoms with Crippen molar-refractivity contribution in [1.29, 1.82) is 0 Å². The fourth-order valence-corrected chi connectivity index (χ4v) is 7.64. The molecule has 2 unspecified atom stereocenters. The van der Waals surface area contributed by atoms with Crippen molar-refractivity contribution in [3.8, 4) is 16.9 Å². The topological polar surface area (TPSA) is 27.7 Å². The van der Waals surface area contributed by atoms with Crippen molar-refractivity contribution in [2.75, 3.05) is 0 Å². The molecule has 2 atom stereocenters. The van der Waals surface area contributed by atoms with Crippen molar-refractivity contribution < 1.29 is 14.0 Å². The zero-order valence-electron chi connectivity index (χ0n) is 21.2. The lowest BCUT2D eigenvalue weighted by Crippen LogP contribution is -2.51. The predicted octanol–water partition coefficient (Wildman–Crippen LogP) is 6.65. The Morgan fingerprint density at radius 3 is 1.89 bits per heavy atom. The van der Waals surface area contributed by atoms with Crippen LogP contribution < -0.4 is 4.74 Å². The first-order chi connectivity index (χ1) is 17.3. The fourth-order valence-electron chi connectivity index (χ4n) is 7.64. The molecular formula is C32H29BO3. The Labute approximate surface area is 212 Å². The van der Waals surface area contributed by atoms with Crippen LogP contribution in [0, 0.1) is 5.41 Å². The van der Waals surface area contributed by atoms with Crippen LogP contribution in [0.5, 0.6) is 5.75 Å². The normalized spacial score (nSPS) is 30.4. The highest BCUT2D eigenvalue weighted by Crippen LogP contribution is 2.81. The van der Waals surface area contributed by atoms with Crippen molar-refractivity contribution in [2.24, 2.45) is 5.41 Å². The molecule has 0 radical (unpaired) electrons. The molecule has 0 bridgehead atoms. The van der Waals surface area contributed by atoms with Gasteiger partial charge in [0.15, 0.2) is 0 Å². The number of rotatable bonds is 1. The van der Waals surface area contributed by atoms with Crippen molar-refractivity contribution in [3.63, 3.8) is 0 Å². The van der Waals surface area contributed by atoms with E-state index in [-0.39, 0.29) is 10.8 Å². The first-order valence-electron chi connectivity index (χ1n) is 13.0. The molecule has 3 aromatic carbocycles. The van der Waals surface area contributed by atoms with Gasteiger partial charge in [0.2, 0.25) is 0 Å². The molecule has 0 N–H and O–H groups in total. The van der Waals surface area contributed by atoms with Gasteiger partial charge < -0.3 is 14.0 Å². The Morgan fingerprint density at radius 2 is 1.25 bits per heavy atom. The fraction of sp³-hybridized carbons (Fsp3) is 0.312. The molecule has 0 aromatic heterocycles. The van der Waals surface area contributed by atoms with Crippen molar-refractivity contribution in [3.05, 3.63) is 113 Å². The minimum absolute atomic E-state index is 0.273. The summed E-state index contributed by atoms with van der Waals surface area (Å²) in [4.78, 5) is 0. The molecule has 1 spiro atoms. The van der Waals surface area contributed by atoms with Gasteiger partial charge in [-0.3, -0.25) is 0 Å². The van der Waals surface area contributed by atoms with Gasteiger partial charge in [0, 0.05) is 17.5 Å². The van der Waals surface area contributed by atoms with E-state index in [0.29, 0.717) is 0 Å². The summed E-state index contributed by atoms with van der Waals surface area (Å²) in [5.41, 5.74) is 5.73. The van der Waals surface area contributed by atoms with E-state index in [4.69, 9.17) is 14.0 Å². The zero-order chi connectivity index (χ0) is 24.6. The quantitative estimate of drug-likeness (QED) is 0.371. The van der Waals surface area contributed by atoms with Gasteiger partial charge in [-0.05, 0) is 56.0 Å². The van der Waals surface area contributed by atoms with Gasteiger partial charge in [-0.25, -0.2) is 0 Å². The highest BCUT2D eigenvalue weighted by Gasteiger charge is 2.84. The van der Waals surface area contributed by atoms with Crippen LogP contribution in [0.15, 0.2) is 96.5 Å². The van der Waals surface area contributed by atoms with Crippen LogP contribution in [-0.2, 0) is 14.7 Å². The number of benzene rings is 3. The SMILES string of the molecule is CC1(C)OB(C2=CC=CC34CC23Oc2ccccc2C42c3ccccc3-c3ccccc32)OC1(C)C. The summed E-state index contributed by atoms with van der Waals surface area (Å²) in [5, 5.41) is 0. The highest BCUT2D eigenvalue weighted by atomic mass is 16.7. The highest BCUT2D eigenvalue weighted by molar-refractivity contribution is 6.55. The second kappa shape index (κ2) is 6.24. The number of hydrogen-bond acceptors (Lipinski definition) is 3. The molecule has 4 heteroatoms. The van der Waals surface area contributed by atoms with E-state index >= 15 is 0 Å². The van der Waals surface area contributed by atoms with Gasteiger partial charge in [0.25, 0.3) is 0 Å². The summed E-state index contributed by atoms with van der Waals surface area (Å²) in [5.74, 6) is 0.954. The van der Waals surface area contributed by atoms with Gasteiger partial charge >= 0.3 is 7.12 Å². The monoisotopic (exact) mass is 472 g/mol. The van der Waals surface area contributed by atoms with Crippen molar-refractivity contribution >= 4 is 7.12 Å². The molecule has 2 fully saturated rings. The van der Waals surface area contributed by atoms with Crippen LogP contribution >= 0.6 is 0 Å². The molecule has 2 heterocycles. The van der Waals surface area contributed by atoms with E-state index in [1.165, 1.54) is 27.8 Å². The second-order valence-corrected chi connectivity index (χ2v) is 12.0. The van der Waals surface area contributed by atoms with Crippen LogP contribution in [0.25, 0.3) is 11.1 Å². The number of allylic oxidation sites excluding steroid dienone is 2. The second-order valence-electron chi connectivity index (χ2n) is 12.0. The maximum absolute atomic E-state index is 7.09. The van der Waals surface area contributed by atoms with E-state index < -0.39 is 23.9 Å². The summed E-state index contributed by atoms with van der Waals surface area (Å²) in [7, 11) is -0.448. The molecule has 8 rings (SSSR count). The van der Waals surface area contributed by atoms with Gasteiger partial charge in [-0.2, -0.15) is 0 Å². The zero-order valence-corrected chi connectivity index (χ0v) is 21.2. The van der Waals surface area contributed by atoms with E-state index in [9.17, 15) is 0 Å². The summed E-state index contributed by atoms with van der Waals surface area (Å²) in [6, 6.07) is 26.5. The summed E-state index contributed by atoms with van der Waals surface area (Å²) in [6.07, 6.45) is 7.69. The summed E-state index contributed by atoms with van der Waals surface area (Å²) < 4.78 is 20.3. The minimum Gasteiger partial charge on any atom is -0.482 e. The van der Waals surface area contributed by atoms with Crippen LogP contribution in [0.1, 0.15) is 50.8 Å². The van der Waals surface area contributed by atoms with Gasteiger partial charge in [-0.1, -0.05) is 85.0 Å². The molecule has 3 aliphatic carbocycles. The Bertz CT molecular complexity index is 1470. The molecule has 3 nitrogen and oxygen atoms in total. The lowest BCUT2D eigenvalue weighted by atomic mass is 9.55. The van der Waals surface area contributed by atoms with E-state index in [1.807, 2.05) is 0 Å². The van der Waals surface area contributed by atoms with Crippen LogP contribution in [0.4, 0.5) is 0 Å². The van der Waals surface area contributed by atoms with E-state index in [0.717, 1.165) is 17.6 Å². The maximum Gasteiger partial charge on any atom is 0.494 e. The van der Waals surface area contributed by atoms with Crippen molar-refractivity contribution in [2.45, 2.75) is 56.3 Å². The third-order valence-electron chi connectivity index (χ3n) is 9.95. The average Bonchev–Trinajstić information content (AvgIpc) is 3.40. The van der Waals surface area contributed by atoms with Crippen LogP contribution in [0.2, 0.25) is 0 Å². The third-order valence-corrected chi connectivity index (χ3v) is 9.95. The lowest BCUT2D eigenvalue weighted by Gasteiger charge is -2.48. The molecule has 3 aromatic rings. The minimum atomic E-state index is -0.526. The molecule has 2 aliphatic heterocycles. The summed E-state index contributed by atoms with van der Waals surface area (Å²) >= 11 is 0. The van der Waals surface area contributed by atoms with Gasteiger partial charge in [0.1, 0.15) is 11.4 Å².